The zero-order valence-electron chi connectivity index (χ0n) is 27.8. The maximum Gasteiger partial charge on any atom is 0.458 e. The van der Waals surface area contributed by atoms with Crippen LogP contribution in [0.15, 0.2) is 40.4 Å². The predicted molar refractivity (Wildman–Crippen MR) is 166 cm³/mol. The summed E-state index contributed by atoms with van der Waals surface area (Å²) in [5, 5.41) is 15.5. The molecule has 0 saturated carbocycles. The molecule has 0 radical (unpaired) electrons. The maximum absolute atomic E-state index is 13.7. The molecule has 2 amide bonds. The molecule has 0 aliphatic carbocycles. The Bertz CT molecular complexity index is 1310. The summed E-state index contributed by atoms with van der Waals surface area (Å²) >= 11 is 3.50. The molecule has 266 valence electrons. The van der Waals surface area contributed by atoms with E-state index in [-0.39, 0.29) is 23.3 Å². The van der Waals surface area contributed by atoms with E-state index in [1.165, 1.54) is 6.92 Å². The minimum Gasteiger partial charge on any atom is -0.478 e. The SMILES string of the molecule is CN[C@@H](C(=O)N[C@H](C(=O)N(C)[C@H](/C=C(\C)C(=O)O)C(C)C)C(C)(C)C)C(C)(C)c1cccc(Br)c1.O=C(C(=O)C(F)(F)F)C(F)(F)F. The van der Waals surface area contributed by atoms with Crippen molar-refractivity contribution in [3.05, 3.63) is 46.0 Å². The summed E-state index contributed by atoms with van der Waals surface area (Å²) in [5.41, 5.74) is 0.00526. The standard InChI is InChI=1S/C27H42BrN3O4.C4F6O2/c1-16(2)20(14-17(3)25(34)35)31(10)24(33)22(26(4,5)6)30-23(32)21(29-9)27(7,8)18-12-11-13-19(28)15-18;5-3(6,7)1(11)2(12)4(8,9)10/h11-16,20-22,29H,1-10H3,(H,30,32)(H,34,35);/b17-14+;/t20-,21+,22-;/m1./s1. The highest BCUT2D eigenvalue weighted by atomic mass is 79.9. The summed E-state index contributed by atoms with van der Waals surface area (Å²) in [4.78, 5) is 59.5. The Balaban J connectivity index is 0.00000149. The molecule has 9 nitrogen and oxygen atoms in total. The van der Waals surface area contributed by atoms with Gasteiger partial charge in [-0.2, -0.15) is 26.3 Å². The van der Waals surface area contributed by atoms with Gasteiger partial charge in [0.25, 0.3) is 0 Å². The van der Waals surface area contributed by atoms with E-state index in [9.17, 15) is 55.4 Å². The third-order valence-electron chi connectivity index (χ3n) is 7.20. The number of nitrogens with zero attached hydrogens (tertiary/aromatic N) is 1. The Morgan fingerprint density at radius 2 is 1.36 bits per heavy atom. The van der Waals surface area contributed by atoms with Crippen molar-refractivity contribution in [3.63, 3.8) is 0 Å². The number of Topliss-reactive ketones (excluding diaryl/α,β-unsaturated/α-hetero) is 2. The van der Waals surface area contributed by atoms with Crippen LogP contribution < -0.4 is 10.6 Å². The number of carboxylic acid groups (broad SMARTS) is 1. The third kappa shape index (κ3) is 12.7. The van der Waals surface area contributed by atoms with Crippen LogP contribution in [0.3, 0.4) is 0 Å². The number of hydrogen-bond donors (Lipinski definition) is 3. The Morgan fingerprint density at radius 3 is 1.70 bits per heavy atom. The molecule has 1 aromatic rings. The first kappa shape index (κ1) is 43.7. The zero-order valence-corrected chi connectivity index (χ0v) is 29.4. The molecule has 0 aliphatic rings. The molecule has 3 atom stereocenters. The van der Waals surface area contributed by atoms with Crippen molar-refractivity contribution in [2.45, 2.75) is 91.3 Å². The van der Waals surface area contributed by atoms with E-state index in [4.69, 9.17) is 0 Å². The Kier molecular flexibility index (Phi) is 15.5. The average Bonchev–Trinajstić information content (AvgIpc) is 2.91. The van der Waals surface area contributed by atoms with Crippen LogP contribution in [0.25, 0.3) is 0 Å². The molecule has 0 aromatic heterocycles. The van der Waals surface area contributed by atoms with E-state index in [1.54, 1.807) is 25.1 Å². The Labute approximate surface area is 278 Å². The molecule has 47 heavy (non-hydrogen) atoms. The number of ketones is 2. The van der Waals surface area contributed by atoms with Gasteiger partial charge in [0.05, 0.1) is 12.1 Å². The molecule has 0 fully saturated rings. The second-order valence-electron chi connectivity index (χ2n) is 12.8. The summed E-state index contributed by atoms with van der Waals surface area (Å²) in [7, 11) is 3.39. The molecular weight excluding hydrogens is 704 g/mol. The van der Waals surface area contributed by atoms with Crippen molar-refractivity contribution in [1.82, 2.24) is 15.5 Å². The lowest BCUT2D eigenvalue weighted by Crippen LogP contribution is -2.61. The quantitative estimate of drug-likeness (QED) is 0.153. The highest BCUT2D eigenvalue weighted by Crippen LogP contribution is 2.31. The highest BCUT2D eigenvalue weighted by molar-refractivity contribution is 9.10. The number of likely N-dealkylation sites (N-methyl/N-ethyl adjacent to an activating group) is 2. The zero-order chi connectivity index (χ0) is 37.5. The number of carboxylic acids is 1. The van der Waals surface area contributed by atoms with Gasteiger partial charge in [0.1, 0.15) is 6.04 Å². The monoisotopic (exact) mass is 745 g/mol. The topological polar surface area (TPSA) is 133 Å². The van der Waals surface area contributed by atoms with E-state index in [1.807, 2.05) is 72.7 Å². The third-order valence-corrected chi connectivity index (χ3v) is 7.69. The number of rotatable bonds is 11. The van der Waals surface area contributed by atoms with E-state index < -0.39 is 58.8 Å². The van der Waals surface area contributed by atoms with Gasteiger partial charge in [-0.15, -0.1) is 0 Å². The molecule has 16 heteroatoms. The number of benzene rings is 1. The summed E-state index contributed by atoms with van der Waals surface area (Å²) in [6.45, 7) is 15.1. The minimum atomic E-state index is -5.77. The molecule has 1 rings (SSSR count). The fourth-order valence-corrected chi connectivity index (χ4v) is 4.84. The summed E-state index contributed by atoms with van der Waals surface area (Å²) in [5.74, 6) is -8.41. The van der Waals surface area contributed by atoms with Crippen molar-refractivity contribution in [2.24, 2.45) is 11.3 Å². The number of alkyl halides is 6. The Morgan fingerprint density at radius 1 is 0.894 bits per heavy atom. The van der Waals surface area contributed by atoms with Crippen LogP contribution in [-0.2, 0) is 29.4 Å². The first-order valence-corrected chi connectivity index (χ1v) is 15.0. The van der Waals surface area contributed by atoms with Gasteiger partial charge in [-0.05, 0) is 43.0 Å². The van der Waals surface area contributed by atoms with Crippen molar-refractivity contribution >= 4 is 45.3 Å². The maximum atomic E-state index is 13.7. The lowest BCUT2D eigenvalue weighted by Gasteiger charge is -2.40. The van der Waals surface area contributed by atoms with Crippen LogP contribution in [0.4, 0.5) is 26.3 Å². The molecule has 0 bridgehead atoms. The van der Waals surface area contributed by atoms with E-state index in [0.717, 1.165) is 10.0 Å². The van der Waals surface area contributed by atoms with Crippen LogP contribution in [0.2, 0.25) is 0 Å². The number of amides is 2. The average molecular weight is 747 g/mol. The van der Waals surface area contributed by atoms with Gasteiger partial charge >= 0.3 is 29.9 Å². The smallest absolute Gasteiger partial charge is 0.458 e. The second kappa shape index (κ2) is 16.7. The molecule has 1 aromatic carbocycles. The van der Waals surface area contributed by atoms with Crippen molar-refractivity contribution in [2.75, 3.05) is 14.1 Å². The number of carbonyl (C=O) groups excluding carboxylic acids is 4. The lowest BCUT2D eigenvalue weighted by atomic mass is 9.76. The van der Waals surface area contributed by atoms with Gasteiger partial charge in [-0.3, -0.25) is 19.2 Å². The molecule has 0 spiro atoms. The van der Waals surface area contributed by atoms with E-state index in [2.05, 4.69) is 26.6 Å². The number of nitrogens with one attached hydrogen (secondary N) is 2. The van der Waals surface area contributed by atoms with Gasteiger partial charge in [-0.25, -0.2) is 4.79 Å². The number of halogens is 7. The van der Waals surface area contributed by atoms with E-state index >= 15 is 0 Å². The number of hydrogen-bond acceptors (Lipinski definition) is 6. The summed E-state index contributed by atoms with van der Waals surface area (Å²) in [6.07, 6.45) is -9.95. The normalized spacial score (nSPS) is 14.7. The summed E-state index contributed by atoms with van der Waals surface area (Å²) in [6, 6.07) is 5.99. The molecule has 0 heterocycles. The van der Waals surface area contributed by atoms with Gasteiger partial charge in [0, 0.05) is 22.5 Å². The molecule has 0 unspecified atom stereocenters. The van der Waals surface area contributed by atoms with Crippen LogP contribution in [0.1, 0.15) is 61.0 Å². The van der Waals surface area contributed by atoms with Crippen LogP contribution >= 0.6 is 15.9 Å². The highest BCUT2D eigenvalue weighted by Gasteiger charge is 2.54. The fourth-order valence-electron chi connectivity index (χ4n) is 4.44. The van der Waals surface area contributed by atoms with E-state index in [0.29, 0.717) is 0 Å². The number of aliphatic carboxylic acids is 1. The van der Waals surface area contributed by atoms with Crippen LogP contribution in [0, 0.1) is 11.3 Å². The van der Waals surface area contributed by atoms with Crippen LogP contribution in [-0.4, -0.2) is 83.9 Å². The van der Waals surface area contributed by atoms with Crippen molar-refractivity contribution in [1.29, 1.82) is 0 Å². The van der Waals surface area contributed by atoms with Crippen molar-refractivity contribution < 1.29 is 55.4 Å². The second-order valence-corrected chi connectivity index (χ2v) is 13.7. The van der Waals surface area contributed by atoms with Crippen molar-refractivity contribution in [3.8, 4) is 0 Å². The van der Waals surface area contributed by atoms with Gasteiger partial charge < -0.3 is 20.6 Å². The Hall–Kier alpha value is -3.27. The van der Waals surface area contributed by atoms with Crippen LogP contribution in [0.5, 0.6) is 0 Å². The van der Waals surface area contributed by atoms with Gasteiger partial charge in [-0.1, -0.05) is 82.6 Å². The largest absolute Gasteiger partial charge is 0.478 e. The number of carbonyl (C=O) groups is 5. The van der Waals surface area contributed by atoms with Gasteiger partial charge in [0.2, 0.25) is 11.8 Å². The predicted octanol–water partition coefficient (Wildman–Crippen LogP) is 5.61. The molecular formula is C31H42BrF6N3O6. The minimum absolute atomic E-state index is 0.0184. The van der Waals surface area contributed by atoms with Gasteiger partial charge in [0.15, 0.2) is 0 Å². The first-order chi connectivity index (χ1) is 21.0. The first-order valence-electron chi connectivity index (χ1n) is 14.2. The summed E-state index contributed by atoms with van der Waals surface area (Å²) < 4.78 is 67.9. The molecule has 3 N–H and O–H groups in total. The fraction of sp³-hybridized carbons (Fsp3) is 0.581. The lowest BCUT2D eigenvalue weighted by molar-refractivity contribution is -0.193. The molecule has 0 saturated heterocycles. The molecule has 0 aliphatic heterocycles.